The fourth-order valence-corrected chi connectivity index (χ4v) is 4.15. The van der Waals surface area contributed by atoms with Gasteiger partial charge in [-0.25, -0.2) is 9.97 Å². The first kappa shape index (κ1) is 25.3. The van der Waals surface area contributed by atoms with Crippen LogP contribution in [0, 0.1) is 0 Å². The molecule has 4 rings (SSSR count). The van der Waals surface area contributed by atoms with Gasteiger partial charge >= 0.3 is 0 Å². The van der Waals surface area contributed by atoms with Crippen LogP contribution in [0.4, 0.5) is 11.6 Å². The number of aromatic nitrogens is 4. The summed E-state index contributed by atoms with van der Waals surface area (Å²) < 4.78 is 0. The lowest BCUT2D eigenvalue weighted by atomic mass is 10.1. The predicted molar refractivity (Wildman–Crippen MR) is 140 cm³/mol. The lowest BCUT2D eigenvalue weighted by Crippen LogP contribution is -2.34. The number of hydrogen-bond acceptors (Lipinski definition) is 7. The van der Waals surface area contributed by atoms with Crippen LogP contribution in [-0.4, -0.2) is 69.6 Å². The number of H-pyrrole nitrogens is 1. The van der Waals surface area contributed by atoms with Crippen LogP contribution < -0.4 is 16.0 Å². The second-order valence-corrected chi connectivity index (χ2v) is 9.31. The lowest BCUT2D eigenvalue weighted by molar-refractivity contribution is -0.111. The van der Waals surface area contributed by atoms with Gasteiger partial charge in [0.2, 0.25) is 11.9 Å². The van der Waals surface area contributed by atoms with Crippen LogP contribution in [0.25, 0.3) is 11.4 Å². The van der Waals surface area contributed by atoms with Crippen molar-refractivity contribution in [1.29, 1.82) is 0 Å². The van der Waals surface area contributed by atoms with Crippen molar-refractivity contribution in [1.82, 2.24) is 30.4 Å². The van der Waals surface area contributed by atoms with Gasteiger partial charge in [0.1, 0.15) is 11.4 Å². The van der Waals surface area contributed by atoms with Crippen molar-refractivity contribution in [2.24, 2.45) is 0 Å². The summed E-state index contributed by atoms with van der Waals surface area (Å²) >= 11 is 6.23. The van der Waals surface area contributed by atoms with Gasteiger partial charge in [0.15, 0.2) is 0 Å². The van der Waals surface area contributed by atoms with Crippen LogP contribution in [0.5, 0.6) is 0 Å². The number of likely N-dealkylation sites (N-methyl/N-ethyl adjacent to an activating group) is 1. The van der Waals surface area contributed by atoms with Crippen molar-refractivity contribution in [3.05, 3.63) is 65.5 Å². The Hall–Kier alpha value is -3.76. The topological polar surface area (TPSA) is 128 Å². The molecule has 36 heavy (non-hydrogen) atoms. The monoisotopic (exact) mass is 508 g/mol. The normalized spacial score (nSPS) is 17.4. The van der Waals surface area contributed by atoms with Gasteiger partial charge in [-0.1, -0.05) is 17.7 Å². The third-order valence-electron chi connectivity index (χ3n) is 5.74. The van der Waals surface area contributed by atoms with Gasteiger partial charge in [-0.3, -0.25) is 14.7 Å². The summed E-state index contributed by atoms with van der Waals surface area (Å²) in [5, 5.41) is 16.5. The molecule has 0 bridgehead atoms. The molecule has 11 heteroatoms. The largest absolute Gasteiger partial charge is 0.351 e. The van der Waals surface area contributed by atoms with Crippen molar-refractivity contribution in [2.75, 3.05) is 31.3 Å². The highest BCUT2D eigenvalue weighted by atomic mass is 35.5. The molecule has 188 valence electrons. The molecule has 2 heterocycles. The van der Waals surface area contributed by atoms with E-state index in [4.69, 9.17) is 11.6 Å². The molecule has 0 spiro atoms. The lowest BCUT2D eigenvalue weighted by Gasteiger charge is -2.15. The third kappa shape index (κ3) is 6.89. The minimum absolute atomic E-state index is 0.0364. The molecule has 1 aliphatic rings. The van der Waals surface area contributed by atoms with Gasteiger partial charge in [0.25, 0.3) is 5.91 Å². The Morgan fingerprint density at radius 2 is 1.94 bits per heavy atom. The maximum Gasteiger partial charge on any atom is 0.251 e. The maximum atomic E-state index is 12.7. The number of nitrogens with zero attached hydrogens (tertiary/aromatic N) is 4. The molecule has 4 N–H and O–H groups in total. The van der Waals surface area contributed by atoms with E-state index < -0.39 is 0 Å². The van der Waals surface area contributed by atoms with Crippen LogP contribution in [0.15, 0.2) is 54.9 Å². The SMILES string of the molecule is CN(C)C/C=C/C(=O)Nc1ccc(C(=O)N[C@H]2CC[C@@H](Nc3ncc(Cl)c(-c4cc[nH]n4)n3)C2)cc1. The average molecular weight is 509 g/mol. The first-order valence-corrected chi connectivity index (χ1v) is 12.1. The van der Waals surface area contributed by atoms with Gasteiger partial charge in [-0.15, -0.1) is 0 Å². The number of carbonyl (C=O) groups excluding carboxylic acids is 2. The number of rotatable bonds is 9. The molecule has 1 aliphatic carbocycles. The summed E-state index contributed by atoms with van der Waals surface area (Å²) in [5.74, 6) is 0.122. The van der Waals surface area contributed by atoms with Crippen LogP contribution >= 0.6 is 11.6 Å². The van der Waals surface area contributed by atoms with Crippen LogP contribution in [0.3, 0.4) is 0 Å². The van der Waals surface area contributed by atoms with Gasteiger partial charge in [0, 0.05) is 42.2 Å². The van der Waals surface area contributed by atoms with E-state index in [0.29, 0.717) is 40.2 Å². The molecular formula is C25H29ClN8O2. The first-order valence-electron chi connectivity index (χ1n) is 11.7. The Kier molecular flexibility index (Phi) is 8.29. The molecule has 2 amide bonds. The molecule has 0 saturated heterocycles. The van der Waals surface area contributed by atoms with Crippen molar-refractivity contribution in [3.8, 4) is 11.4 Å². The number of nitrogens with one attached hydrogen (secondary N) is 4. The zero-order chi connectivity index (χ0) is 25.5. The number of anilines is 2. The van der Waals surface area contributed by atoms with E-state index in [0.717, 1.165) is 19.3 Å². The maximum absolute atomic E-state index is 12.7. The second-order valence-electron chi connectivity index (χ2n) is 8.91. The molecule has 1 saturated carbocycles. The summed E-state index contributed by atoms with van der Waals surface area (Å²) in [5.41, 5.74) is 2.38. The number of halogens is 1. The van der Waals surface area contributed by atoms with Crippen molar-refractivity contribution >= 4 is 35.1 Å². The Morgan fingerprint density at radius 3 is 2.67 bits per heavy atom. The quantitative estimate of drug-likeness (QED) is 0.326. The molecular weight excluding hydrogens is 480 g/mol. The molecule has 3 aromatic rings. The van der Waals surface area contributed by atoms with E-state index >= 15 is 0 Å². The highest BCUT2D eigenvalue weighted by Crippen LogP contribution is 2.26. The highest BCUT2D eigenvalue weighted by molar-refractivity contribution is 6.32. The van der Waals surface area contributed by atoms with Crippen molar-refractivity contribution in [2.45, 2.75) is 31.3 Å². The van der Waals surface area contributed by atoms with Gasteiger partial charge in [0.05, 0.1) is 11.2 Å². The zero-order valence-electron chi connectivity index (χ0n) is 20.2. The van der Waals surface area contributed by atoms with E-state index in [9.17, 15) is 9.59 Å². The predicted octanol–water partition coefficient (Wildman–Crippen LogP) is 3.34. The molecule has 1 aromatic carbocycles. The molecule has 0 aliphatic heterocycles. The van der Waals surface area contributed by atoms with Crippen LogP contribution in [-0.2, 0) is 4.79 Å². The molecule has 0 unspecified atom stereocenters. The highest BCUT2D eigenvalue weighted by Gasteiger charge is 2.27. The van der Waals surface area contributed by atoms with Crippen molar-refractivity contribution in [3.63, 3.8) is 0 Å². The molecule has 0 radical (unpaired) electrons. The number of benzene rings is 1. The summed E-state index contributed by atoms with van der Waals surface area (Å²) in [6, 6.07) is 8.81. The van der Waals surface area contributed by atoms with E-state index in [1.54, 1.807) is 48.8 Å². The average Bonchev–Trinajstić information content (AvgIpc) is 3.53. The Labute approximate surface area is 214 Å². The third-order valence-corrected chi connectivity index (χ3v) is 6.02. The standard InChI is InChI=1S/C25H29ClN8O2/c1-34(2)13-3-4-22(35)29-17-7-5-16(6-8-17)24(36)30-18-9-10-19(14-18)31-25-27-15-20(26)23(32-25)21-11-12-28-33-21/h3-8,11-12,15,18-19H,9-10,13-14H2,1-2H3,(H,28,33)(H,29,35)(H,30,36)(H,27,31,32)/b4-3+/t18-,19+/m0/s1. The number of carbonyl (C=O) groups is 2. The van der Waals surface area contributed by atoms with Crippen LogP contribution in [0.1, 0.15) is 29.6 Å². The second kappa shape index (κ2) is 11.8. The Morgan fingerprint density at radius 1 is 1.17 bits per heavy atom. The van der Waals surface area contributed by atoms with Crippen molar-refractivity contribution < 1.29 is 9.59 Å². The first-order chi connectivity index (χ1) is 17.4. The summed E-state index contributed by atoms with van der Waals surface area (Å²) in [7, 11) is 3.86. The number of amides is 2. The molecule has 2 atom stereocenters. The summed E-state index contributed by atoms with van der Waals surface area (Å²) in [6.07, 6.45) is 9.03. The fourth-order valence-electron chi connectivity index (χ4n) is 3.96. The van der Waals surface area contributed by atoms with E-state index in [-0.39, 0.29) is 23.9 Å². The van der Waals surface area contributed by atoms with Crippen LogP contribution in [0.2, 0.25) is 5.02 Å². The fraction of sp³-hybridized carbons (Fsp3) is 0.320. The molecule has 2 aromatic heterocycles. The van der Waals surface area contributed by atoms with Gasteiger partial charge in [-0.05, 0) is 63.7 Å². The van der Waals surface area contributed by atoms with Gasteiger partial charge in [-0.2, -0.15) is 5.10 Å². The summed E-state index contributed by atoms with van der Waals surface area (Å²) in [6.45, 7) is 0.683. The smallest absolute Gasteiger partial charge is 0.251 e. The Bertz CT molecular complexity index is 1210. The Balaban J connectivity index is 1.27. The zero-order valence-corrected chi connectivity index (χ0v) is 20.9. The minimum Gasteiger partial charge on any atom is -0.351 e. The molecule has 1 fully saturated rings. The van der Waals surface area contributed by atoms with Gasteiger partial charge < -0.3 is 20.9 Å². The number of hydrogen-bond donors (Lipinski definition) is 4. The number of aromatic amines is 1. The molecule has 10 nitrogen and oxygen atoms in total. The summed E-state index contributed by atoms with van der Waals surface area (Å²) in [4.78, 5) is 35.5. The van der Waals surface area contributed by atoms with E-state index in [1.165, 1.54) is 6.08 Å². The van der Waals surface area contributed by atoms with E-state index in [1.807, 2.05) is 19.0 Å². The minimum atomic E-state index is -0.209. The van der Waals surface area contributed by atoms with E-state index in [2.05, 4.69) is 36.1 Å².